The van der Waals surface area contributed by atoms with E-state index in [-0.39, 0.29) is 11.4 Å². The van der Waals surface area contributed by atoms with E-state index < -0.39 is 15.5 Å². The van der Waals surface area contributed by atoms with Crippen LogP contribution in [0.5, 0.6) is 0 Å². The molecule has 0 atom stereocenters. The van der Waals surface area contributed by atoms with Crippen LogP contribution in [0.25, 0.3) is 0 Å². The third-order valence-corrected chi connectivity index (χ3v) is 3.49. The SMILES string of the molecule is CN(CCC#N)c1ccc(N=Nc2ccc([N+](=O)[O-])cc2[N+](=O)[O-])cc1. The molecule has 10 nitrogen and oxygen atoms in total. The molecule has 0 unspecified atom stereocenters. The average molecular weight is 354 g/mol. The summed E-state index contributed by atoms with van der Waals surface area (Å²) in [4.78, 5) is 22.2. The van der Waals surface area contributed by atoms with Crippen LogP contribution in [0, 0.1) is 31.6 Å². The van der Waals surface area contributed by atoms with E-state index in [9.17, 15) is 20.2 Å². The van der Waals surface area contributed by atoms with Crippen molar-refractivity contribution in [2.75, 3.05) is 18.5 Å². The minimum Gasteiger partial charge on any atom is -0.374 e. The molecule has 0 aliphatic heterocycles. The molecular formula is C16H14N6O4. The zero-order valence-corrected chi connectivity index (χ0v) is 13.8. The number of non-ortho nitro benzene ring substituents is 1. The minimum absolute atomic E-state index is 0.0733. The standard InChI is InChI=1S/C16H14N6O4/c1-20(10-2-9-17)13-5-3-12(4-6-13)18-19-15-8-7-14(21(23)24)11-16(15)22(25)26/h3-8,11H,2,10H2,1H3. The summed E-state index contributed by atoms with van der Waals surface area (Å²) in [7, 11) is 1.86. The summed E-state index contributed by atoms with van der Waals surface area (Å²) in [6, 6.07) is 12.2. The van der Waals surface area contributed by atoms with Crippen molar-refractivity contribution >= 4 is 28.4 Å². The fourth-order valence-corrected chi connectivity index (χ4v) is 2.09. The van der Waals surface area contributed by atoms with E-state index in [0.717, 1.165) is 17.8 Å². The van der Waals surface area contributed by atoms with Gasteiger partial charge in [-0.1, -0.05) is 0 Å². The van der Waals surface area contributed by atoms with Crippen LogP contribution in [0.1, 0.15) is 6.42 Å². The molecule has 2 aromatic rings. The molecule has 0 N–H and O–H groups in total. The van der Waals surface area contributed by atoms with Gasteiger partial charge in [-0.05, 0) is 30.3 Å². The van der Waals surface area contributed by atoms with Gasteiger partial charge in [-0.2, -0.15) is 10.4 Å². The van der Waals surface area contributed by atoms with Gasteiger partial charge in [0.2, 0.25) is 0 Å². The van der Waals surface area contributed by atoms with Crippen molar-refractivity contribution in [3.05, 3.63) is 62.7 Å². The molecular weight excluding hydrogens is 340 g/mol. The highest BCUT2D eigenvalue weighted by atomic mass is 16.6. The Morgan fingerprint density at radius 3 is 2.35 bits per heavy atom. The van der Waals surface area contributed by atoms with Crippen molar-refractivity contribution in [3.63, 3.8) is 0 Å². The Morgan fingerprint density at radius 2 is 1.77 bits per heavy atom. The van der Waals surface area contributed by atoms with Crippen LogP contribution in [0.15, 0.2) is 52.7 Å². The number of nitro benzene ring substituents is 2. The monoisotopic (exact) mass is 354 g/mol. The Bertz CT molecular complexity index is 889. The van der Waals surface area contributed by atoms with Crippen LogP contribution in [-0.2, 0) is 0 Å². The lowest BCUT2D eigenvalue weighted by atomic mass is 10.2. The number of benzene rings is 2. The summed E-state index contributed by atoms with van der Waals surface area (Å²) in [5.74, 6) is 0. The molecule has 0 bridgehead atoms. The van der Waals surface area contributed by atoms with Crippen molar-refractivity contribution in [1.82, 2.24) is 0 Å². The lowest BCUT2D eigenvalue weighted by Crippen LogP contribution is -2.17. The Hall–Kier alpha value is -3.87. The lowest BCUT2D eigenvalue weighted by molar-refractivity contribution is -0.393. The highest BCUT2D eigenvalue weighted by Gasteiger charge is 2.19. The van der Waals surface area contributed by atoms with Crippen LogP contribution in [0.4, 0.5) is 28.4 Å². The lowest BCUT2D eigenvalue weighted by Gasteiger charge is -2.17. The normalized spacial score (nSPS) is 10.5. The average Bonchev–Trinajstić information content (AvgIpc) is 2.64. The Morgan fingerprint density at radius 1 is 1.08 bits per heavy atom. The van der Waals surface area contributed by atoms with Crippen LogP contribution in [0.2, 0.25) is 0 Å². The van der Waals surface area contributed by atoms with Crippen molar-refractivity contribution in [2.45, 2.75) is 6.42 Å². The molecule has 2 rings (SSSR count). The van der Waals surface area contributed by atoms with E-state index in [2.05, 4.69) is 16.3 Å². The number of nitro groups is 2. The highest BCUT2D eigenvalue weighted by molar-refractivity contribution is 5.62. The number of hydrogen-bond donors (Lipinski definition) is 0. The number of hydrogen-bond acceptors (Lipinski definition) is 8. The molecule has 0 saturated heterocycles. The van der Waals surface area contributed by atoms with Gasteiger partial charge in [-0.15, -0.1) is 5.11 Å². The van der Waals surface area contributed by atoms with E-state index in [1.54, 1.807) is 24.3 Å². The molecule has 0 spiro atoms. The molecule has 2 aromatic carbocycles. The molecule has 0 saturated carbocycles. The van der Waals surface area contributed by atoms with Crippen molar-refractivity contribution in [2.24, 2.45) is 10.2 Å². The minimum atomic E-state index is -0.741. The zero-order valence-electron chi connectivity index (χ0n) is 13.8. The van der Waals surface area contributed by atoms with E-state index in [1.807, 2.05) is 11.9 Å². The van der Waals surface area contributed by atoms with Gasteiger partial charge < -0.3 is 4.90 Å². The number of anilines is 1. The summed E-state index contributed by atoms with van der Waals surface area (Å²) in [5.41, 5.74) is 0.405. The molecule has 10 heteroatoms. The van der Waals surface area contributed by atoms with Gasteiger partial charge in [0, 0.05) is 25.3 Å². The van der Waals surface area contributed by atoms with Gasteiger partial charge in [0.1, 0.15) is 0 Å². The maximum atomic E-state index is 11.1. The Labute approximate surface area is 148 Å². The second-order valence-corrected chi connectivity index (χ2v) is 5.23. The predicted octanol–water partition coefficient (Wildman–Crippen LogP) is 4.27. The first-order valence-corrected chi connectivity index (χ1v) is 7.45. The van der Waals surface area contributed by atoms with E-state index in [1.165, 1.54) is 6.07 Å². The quantitative estimate of drug-likeness (QED) is 0.413. The predicted molar refractivity (Wildman–Crippen MR) is 93.9 cm³/mol. The van der Waals surface area contributed by atoms with Gasteiger partial charge in [-0.25, -0.2) is 0 Å². The Kier molecular flexibility index (Phi) is 5.89. The molecule has 0 aliphatic carbocycles. The first-order chi connectivity index (χ1) is 12.4. The van der Waals surface area contributed by atoms with Crippen molar-refractivity contribution in [3.8, 4) is 6.07 Å². The summed E-state index contributed by atoms with van der Waals surface area (Å²) in [6.45, 7) is 0.590. The highest BCUT2D eigenvalue weighted by Crippen LogP contribution is 2.32. The molecule has 26 heavy (non-hydrogen) atoms. The largest absolute Gasteiger partial charge is 0.374 e. The summed E-state index contributed by atoms with van der Waals surface area (Å²) in [5, 5.41) is 38.2. The molecule has 0 amide bonds. The number of rotatable bonds is 7. The molecule has 0 fully saturated rings. The first-order valence-electron chi connectivity index (χ1n) is 7.45. The second-order valence-electron chi connectivity index (χ2n) is 5.23. The molecule has 0 aromatic heterocycles. The molecule has 0 heterocycles. The van der Waals surface area contributed by atoms with Crippen LogP contribution >= 0.6 is 0 Å². The van der Waals surface area contributed by atoms with Gasteiger partial charge in [0.25, 0.3) is 5.69 Å². The third kappa shape index (κ3) is 4.57. The molecule has 0 radical (unpaired) electrons. The van der Waals surface area contributed by atoms with E-state index in [0.29, 0.717) is 18.7 Å². The van der Waals surface area contributed by atoms with Gasteiger partial charge in [0.05, 0.1) is 34.1 Å². The third-order valence-electron chi connectivity index (χ3n) is 3.49. The number of azo groups is 1. The van der Waals surface area contributed by atoms with E-state index >= 15 is 0 Å². The van der Waals surface area contributed by atoms with E-state index in [4.69, 9.17) is 5.26 Å². The maximum Gasteiger partial charge on any atom is 0.303 e. The van der Waals surface area contributed by atoms with Crippen LogP contribution in [-0.4, -0.2) is 23.4 Å². The fraction of sp³-hybridized carbons (Fsp3) is 0.188. The van der Waals surface area contributed by atoms with Crippen molar-refractivity contribution in [1.29, 1.82) is 5.26 Å². The number of nitriles is 1. The van der Waals surface area contributed by atoms with Crippen LogP contribution in [0.3, 0.4) is 0 Å². The zero-order chi connectivity index (χ0) is 19.1. The molecule has 132 valence electrons. The molecule has 0 aliphatic rings. The fourth-order valence-electron chi connectivity index (χ4n) is 2.09. The summed E-state index contributed by atoms with van der Waals surface area (Å²) in [6.07, 6.45) is 0.405. The topological polar surface area (TPSA) is 138 Å². The van der Waals surface area contributed by atoms with Gasteiger partial charge in [-0.3, -0.25) is 20.2 Å². The second kappa shape index (κ2) is 8.29. The Balaban J connectivity index is 2.20. The maximum absolute atomic E-state index is 11.1. The van der Waals surface area contributed by atoms with Gasteiger partial charge in [0.15, 0.2) is 5.69 Å². The summed E-state index contributed by atoms with van der Waals surface area (Å²) >= 11 is 0. The smallest absolute Gasteiger partial charge is 0.303 e. The number of nitrogens with zero attached hydrogens (tertiary/aromatic N) is 6. The van der Waals surface area contributed by atoms with Crippen molar-refractivity contribution < 1.29 is 9.85 Å². The first kappa shape index (κ1) is 18.5. The van der Waals surface area contributed by atoms with Crippen LogP contribution < -0.4 is 4.90 Å². The van der Waals surface area contributed by atoms with Gasteiger partial charge >= 0.3 is 5.69 Å². The summed E-state index contributed by atoms with van der Waals surface area (Å²) < 4.78 is 0.